The lowest BCUT2D eigenvalue weighted by atomic mass is 9.87. The lowest BCUT2D eigenvalue weighted by Crippen LogP contribution is -2.23. The molecule has 1 heterocycles. The number of aryl methyl sites for hydroxylation is 1. The molecule has 0 fully saturated rings. The molecule has 1 aromatic carbocycles. The van der Waals surface area contributed by atoms with E-state index in [2.05, 4.69) is 35.7 Å². The summed E-state index contributed by atoms with van der Waals surface area (Å²) in [5.74, 6) is -0.0711. The van der Waals surface area contributed by atoms with Crippen molar-refractivity contribution in [3.63, 3.8) is 0 Å². The normalized spacial score (nSPS) is 11.4. The maximum atomic E-state index is 12.1. The third-order valence-electron chi connectivity index (χ3n) is 3.17. The molecule has 0 spiro atoms. The van der Waals surface area contributed by atoms with Gasteiger partial charge in [-0.1, -0.05) is 37.4 Å². The molecule has 0 radical (unpaired) electrons. The highest BCUT2D eigenvalue weighted by atomic mass is 32.1. The SMILES string of the molecule is Cc1nnsc1CNC(=O)c1ccc(C(C)(C)C)cc1. The summed E-state index contributed by atoms with van der Waals surface area (Å²) in [6.07, 6.45) is 0. The highest BCUT2D eigenvalue weighted by Gasteiger charge is 2.14. The highest BCUT2D eigenvalue weighted by molar-refractivity contribution is 7.05. The fraction of sp³-hybridized carbons (Fsp3) is 0.400. The van der Waals surface area contributed by atoms with Gasteiger partial charge in [0.2, 0.25) is 0 Å². The van der Waals surface area contributed by atoms with Crippen molar-refractivity contribution in [2.75, 3.05) is 0 Å². The predicted molar refractivity (Wildman–Crippen MR) is 81.0 cm³/mol. The lowest BCUT2D eigenvalue weighted by Gasteiger charge is -2.19. The number of hydrogen-bond donors (Lipinski definition) is 1. The minimum atomic E-state index is -0.0711. The van der Waals surface area contributed by atoms with Crippen molar-refractivity contribution < 1.29 is 4.79 Å². The maximum Gasteiger partial charge on any atom is 0.251 e. The maximum absolute atomic E-state index is 12.1. The second kappa shape index (κ2) is 5.71. The summed E-state index contributed by atoms with van der Waals surface area (Å²) in [5, 5.41) is 6.82. The third kappa shape index (κ3) is 3.42. The van der Waals surface area contributed by atoms with E-state index in [-0.39, 0.29) is 11.3 Å². The van der Waals surface area contributed by atoms with Crippen LogP contribution in [0.3, 0.4) is 0 Å². The van der Waals surface area contributed by atoms with Crippen LogP contribution in [0.1, 0.15) is 47.3 Å². The van der Waals surface area contributed by atoms with E-state index < -0.39 is 0 Å². The summed E-state index contributed by atoms with van der Waals surface area (Å²) in [7, 11) is 0. The van der Waals surface area contributed by atoms with Gasteiger partial charge in [-0.05, 0) is 41.6 Å². The zero-order valence-electron chi connectivity index (χ0n) is 12.2. The number of carbonyl (C=O) groups is 1. The monoisotopic (exact) mass is 289 g/mol. The van der Waals surface area contributed by atoms with Crippen molar-refractivity contribution in [3.8, 4) is 0 Å². The van der Waals surface area contributed by atoms with Gasteiger partial charge in [0.1, 0.15) is 0 Å². The molecular weight excluding hydrogens is 270 g/mol. The molecule has 1 N–H and O–H groups in total. The predicted octanol–water partition coefficient (Wildman–Crippen LogP) is 3.07. The van der Waals surface area contributed by atoms with Crippen LogP contribution in [0.15, 0.2) is 24.3 Å². The largest absolute Gasteiger partial charge is 0.347 e. The second-order valence-electron chi connectivity index (χ2n) is 5.79. The van der Waals surface area contributed by atoms with Crippen LogP contribution < -0.4 is 5.32 Å². The van der Waals surface area contributed by atoms with Crippen LogP contribution in [0.2, 0.25) is 0 Å². The van der Waals surface area contributed by atoms with Crippen LogP contribution in [0.4, 0.5) is 0 Å². The Kier molecular flexibility index (Phi) is 4.18. The van der Waals surface area contributed by atoms with Gasteiger partial charge >= 0.3 is 0 Å². The molecule has 0 aliphatic rings. The average Bonchev–Trinajstić information content (AvgIpc) is 2.81. The Morgan fingerprint density at radius 1 is 1.25 bits per heavy atom. The second-order valence-corrected chi connectivity index (χ2v) is 6.63. The summed E-state index contributed by atoms with van der Waals surface area (Å²) in [6, 6.07) is 7.75. The number of carbonyl (C=O) groups excluding carboxylic acids is 1. The Bertz CT molecular complexity index is 596. The average molecular weight is 289 g/mol. The minimum Gasteiger partial charge on any atom is -0.347 e. The molecule has 2 rings (SSSR count). The number of amides is 1. The quantitative estimate of drug-likeness (QED) is 0.944. The topological polar surface area (TPSA) is 54.9 Å². The van der Waals surface area contributed by atoms with Gasteiger partial charge in [0.05, 0.1) is 17.1 Å². The van der Waals surface area contributed by atoms with Crippen molar-refractivity contribution in [3.05, 3.63) is 46.0 Å². The van der Waals surface area contributed by atoms with E-state index >= 15 is 0 Å². The molecule has 4 nitrogen and oxygen atoms in total. The van der Waals surface area contributed by atoms with E-state index in [4.69, 9.17) is 0 Å². The molecule has 0 atom stereocenters. The number of rotatable bonds is 3. The van der Waals surface area contributed by atoms with Crippen LogP contribution in [-0.2, 0) is 12.0 Å². The molecule has 0 saturated carbocycles. The summed E-state index contributed by atoms with van der Waals surface area (Å²) in [6.45, 7) is 8.83. The molecule has 0 unspecified atom stereocenters. The molecular formula is C15H19N3OS. The Morgan fingerprint density at radius 2 is 1.90 bits per heavy atom. The van der Waals surface area contributed by atoms with Gasteiger partial charge in [-0.15, -0.1) is 5.10 Å². The smallest absolute Gasteiger partial charge is 0.251 e. The van der Waals surface area contributed by atoms with Gasteiger partial charge in [-0.3, -0.25) is 4.79 Å². The highest BCUT2D eigenvalue weighted by Crippen LogP contribution is 2.22. The van der Waals surface area contributed by atoms with Crippen LogP contribution in [0.5, 0.6) is 0 Å². The molecule has 0 aliphatic heterocycles. The zero-order valence-corrected chi connectivity index (χ0v) is 13.0. The van der Waals surface area contributed by atoms with Crippen LogP contribution in [0, 0.1) is 6.92 Å². The molecule has 0 saturated heterocycles. The fourth-order valence-corrected chi connectivity index (χ4v) is 2.37. The van der Waals surface area contributed by atoms with Crippen LogP contribution >= 0.6 is 11.5 Å². The third-order valence-corrected chi connectivity index (χ3v) is 3.99. The zero-order chi connectivity index (χ0) is 14.8. The van der Waals surface area contributed by atoms with Gasteiger partial charge < -0.3 is 5.32 Å². The number of nitrogens with one attached hydrogen (secondary N) is 1. The van der Waals surface area contributed by atoms with Crippen LogP contribution in [-0.4, -0.2) is 15.5 Å². The van der Waals surface area contributed by atoms with Crippen molar-refractivity contribution in [2.24, 2.45) is 0 Å². The Morgan fingerprint density at radius 3 is 2.40 bits per heavy atom. The van der Waals surface area contributed by atoms with Gasteiger partial charge in [-0.25, -0.2) is 0 Å². The van der Waals surface area contributed by atoms with Crippen molar-refractivity contribution >= 4 is 17.4 Å². The summed E-state index contributed by atoms with van der Waals surface area (Å²) in [5.41, 5.74) is 2.86. The van der Waals surface area contributed by atoms with E-state index in [0.29, 0.717) is 12.1 Å². The fourth-order valence-electron chi connectivity index (χ4n) is 1.80. The first-order chi connectivity index (χ1) is 9.38. The van der Waals surface area contributed by atoms with Gasteiger partial charge in [0, 0.05) is 5.56 Å². The van der Waals surface area contributed by atoms with Gasteiger partial charge in [0.25, 0.3) is 5.91 Å². The standard InChI is InChI=1S/C15H19N3OS/c1-10-13(20-18-17-10)9-16-14(19)11-5-7-12(8-6-11)15(2,3)4/h5-8H,9H2,1-4H3,(H,16,19). The first kappa shape index (κ1) is 14.7. The Hall–Kier alpha value is -1.75. The Balaban J connectivity index is 2.01. The number of aromatic nitrogens is 2. The van der Waals surface area contributed by atoms with E-state index in [1.807, 2.05) is 31.2 Å². The lowest BCUT2D eigenvalue weighted by molar-refractivity contribution is 0.0951. The first-order valence-electron chi connectivity index (χ1n) is 6.54. The van der Waals surface area contributed by atoms with Crippen molar-refractivity contribution in [2.45, 2.75) is 39.7 Å². The number of benzene rings is 1. The van der Waals surface area contributed by atoms with E-state index in [9.17, 15) is 4.79 Å². The van der Waals surface area contributed by atoms with E-state index in [1.165, 1.54) is 17.1 Å². The molecule has 5 heteroatoms. The Labute approximate surface area is 123 Å². The minimum absolute atomic E-state index is 0.0711. The first-order valence-corrected chi connectivity index (χ1v) is 7.32. The van der Waals surface area contributed by atoms with Gasteiger partial charge in [-0.2, -0.15) is 0 Å². The van der Waals surface area contributed by atoms with Crippen molar-refractivity contribution in [1.29, 1.82) is 0 Å². The van der Waals surface area contributed by atoms with E-state index in [1.54, 1.807) is 0 Å². The number of nitrogens with zero attached hydrogens (tertiary/aromatic N) is 2. The van der Waals surface area contributed by atoms with Gasteiger partial charge in [0.15, 0.2) is 0 Å². The molecule has 2 aromatic rings. The van der Waals surface area contributed by atoms with E-state index in [0.717, 1.165) is 10.6 Å². The molecule has 1 amide bonds. The summed E-state index contributed by atoms with van der Waals surface area (Å²) < 4.78 is 3.85. The van der Waals surface area contributed by atoms with Crippen LogP contribution in [0.25, 0.3) is 0 Å². The molecule has 20 heavy (non-hydrogen) atoms. The summed E-state index contributed by atoms with van der Waals surface area (Å²) in [4.78, 5) is 13.1. The summed E-state index contributed by atoms with van der Waals surface area (Å²) >= 11 is 1.32. The molecule has 0 aliphatic carbocycles. The van der Waals surface area contributed by atoms with Crippen molar-refractivity contribution in [1.82, 2.24) is 14.9 Å². The number of hydrogen-bond acceptors (Lipinski definition) is 4. The molecule has 0 bridgehead atoms. The molecule has 106 valence electrons. The molecule has 1 aromatic heterocycles.